The molecule has 0 aromatic heterocycles. The maximum absolute atomic E-state index is 11.9. The summed E-state index contributed by atoms with van der Waals surface area (Å²) >= 11 is 0. The molecule has 2 heterocycles. The van der Waals surface area contributed by atoms with Gasteiger partial charge in [-0.05, 0) is 25.2 Å². The Morgan fingerprint density at radius 3 is 2.50 bits per heavy atom. The van der Waals surface area contributed by atoms with Crippen LogP contribution in [-0.4, -0.2) is 47.2 Å². The van der Waals surface area contributed by atoms with Gasteiger partial charge in [0.2, 0.25) is 5.91 Å². The van der Waals surface area contributed by atoms with Crippen molar-refractivity contribution in [2.45, 2.75) is 39.0 Å². The zero-order valence-electron chi connectivity index (χ0n) is 12.0. The molecule has 0 bridgehead atoms. The molecule has 2 aliphatic heterocycles. The number of rotatable bonds is 6. The summed E-state index contributed by atoms with van der Waals surface area (Å²) in [4.78, 5) is 37.7. The molecular formula is C15H22N2O3. The van der Waals surface area contributed by atoms with Crippen molar-refractivity contribution in [3.05, 3.63) is 12.2 Å². The predicted octanol–water partition coefficient (Wildman–Crippen LogP) is 1.34. The van der Waals surface area contributed by atoms with Crippen LogP contribution in [0.4, 0.5) is 0 Å². The van der Waals surface area contributed by atoms with Crippen LogP contribution in [0, 0.1) is 5.92 Å². The largest absolute Gasteiger partial charge is 0.342 e. The molecule has 5 heteroatoms. The summed E-state index contributed by atoms with van der Waals surface area (Å²) in [5.74, 6) is 0.414. The van der Waals surface area contributed by atoms with E-state index < -0.39 is 0 Å². The summed E-state index contributed by atoms with van der Waals surface area (Å²) in [7, 11) is 0. The highest BCUT2D eigenvalue weighted by molar-refractivity contribution is 6.12. The lowest BCUT2D eigenvalue weighted by atomic mass is 10.1. The number of carbonyl (C=O) groups excluding carboxylic acids is 3. The second kappa shape index (κ2) is 6.68. The van der Waals surface area contributed by atoms with E-state index in [0.29, 0.717) is 18.9 Å². The van der Waals surface area contributed by atoms with E-state index in [0.717, 1.165) is 38.8 Å². The molecule has 20 heavy (non-hydrogen) atoms. The van der Waals surface area contributed by atoms with Gasteiger partial charge >= 0.3 is 0 Å². The second-order valence-electron chi connectivity index (χ2n) is 5.71. The van der Waals surface area contributed by atoms with Crippen LogP contribution in [0.3, 0.4) is 0 Å². The topological polar surface area (TPSA) is 57.7 Å². The molecule has 110 valence electrons. The van der Waals surface area contributed by atoms with Crippen molar-refractivity contribution in [1.29, 1.82) is 0 Å². The molecule has 1 fully saturated rings. The van der Waals surface area contributed by atoms with E-state index in [1.54, 1.807) is 0 Å². The Labute approximate surface area is 119 Å². The van der Waals surface area contributed by atoms with Gasteiger partial charge in [-0.2, -0.15) is 0 Å². The standard InChI is InChI=1S/C15H22N2O3/c1-12-8-10-16(11-12)13(18)5-3-2-4-9-17-14(19)6-7-15(17)20/h6-7,12H,2-5,8-11H2,1H3/t12-/m0/s1. The summed E-state index contributed by atoms with van der Waals surface area (Å²) in [6.45, 7) is 4.41. The third-order valence-corrected chi connectivity index (χ3v) is 3.95. The molecular weight excluding hydrogens is 256 g/mol. The van der Waals surface area contributed by atoms with E-state index >= 15 is 0 Å². The van der Waals surface area contributed by atoms with Crippen molar-refractivity contribution in [3.63, 3.8) is 0 Å². The highest BCUT2D eigenvalue weighted by Gasteiger charge is 2.23. The Kier molecular flexibility index (Phi) is 4.93. The van der Waals surface area contributed by atoms with Crippen LogP contribution in [0.2, 0.25) is 0 Å². The minimum Gasteiger partial charge on any atom is -0.342 e. The number of imide groups is 1. The van der Waals surface area contributed by atoms with E-state index in [9.17, 15) is 14.4 Å². The van der Waals surface area contributed by atoms with Gasteiger partial charge in [0, 0.05) is 38.2 Å². The van der Waals surface area contributed by atoms with Crippen LogP contribution in [0.1, 0.15) is 39.0 Å². The lowest BCUT2D eigenvalue weighted by Crippen LogP contribution is -2.31. The van der Waals surface area contributed by atoms with Gasteiger partial charge in [0.15, 0.2) is 0 Å². The number of carbonyl (C=O) groups is 3. The highest BCUT2D eigenvalue weighted by Crippen LogP contribution is 2.17. The fourth-order valence-corrected chi connectivity index (χ4v) is 2.69. The third-order valence-electron chi connectivity index (χ3n) is 3.95. The number of nitrogens with zero attached hydrogens (tertiary/aromatic N) is 2. The Balaban J connectivity index is 1.57. The monoisotopic (exact) mass is 278 g/mol. The lowest BCUT2D eigenvalue weighted by Gasteiger charge is -2.16. The van der Waals surface area contributed by atoms with Crippen LogP contribution < -0.4 is 0 Å². The summed E-state index contributed by atoms with van der Waals surface area (Å²) in [5, 5.41) is 0. The van der Waals surface area contributed by atoms with Gasteiger partial charge in [0.25, 0.3) is 11.8 Å². The molecule has 0 N–H and O–H groups in total. The summed E-state index contributed by atoms with van der Waals surface area (Å²) in [6.07, 6.45) is 6.76. The molecule has 3 amide bonds. The number of hydrogen-bond donors (Lipinski definition) is 0. The van der Waals surface area contributed by atoms with Gasteiger partial charge in [-0.3, -0.25) is 19.3 Å². The van der Waals surface area contributed by atoms with Crippen LogP contribution in [0.15, 0.2) is 12.2 Å². The molecule has 2 rings (SSSR count). The lowest BCUT2D eigenvalue weighted by molar-refractivity contribution is -0.137. The second-order valence-corrected chi connectivity index (χ2v) is 5.71. The van der Waals surface area contributed by atoms with Crippen molar-refractivity contribution in [2.24, 2.45) is 5.92 Å². The summed E-state index contributed by atoms with van der Waals surface area (Å²) in [5.41, 5.74) is 0. The van der Waals surface area contributed by atoms with Gasteiger partial charge in [-0.15, -0.1) is 0 Å². The van der Waals surface area contributed by atoms with Gasteiger partial charge in [-0.25, -0.2) is 0 Å². The predicted molar refractivity (Wildman–Crippen MR) is 74.7 cm³/mol. The third kappa shape index (κ3) is 3.68. The molecule has 0 aromatic carbocycles. The first-order valence-electron chi connectivity index (χ1n) is 7.39. The fraction of sp³-hybridized carbons (Fsp3) is 0.667. The average molecular weight is 278 g/mol. The maximum atomic E-state index is 11.9. The van der Waals surface area contributed by atoms with Crippen LogP contribution in [0.5, 0.6) is 0 Å². The first-order valence-corrected chi connectivity index (χ1v) is 7.39. The van der Waals surface area contributed by atoms with Gasteiger partial charge in [0.05, 0.1) is 0 Å². The number of hydrogen-bond acceptors (Lipinski definition) is 3. The van der Waals surface area contributed by atoms with Crippen LogP contribution in [0.25, 0.3) is 0 Å². The first-order chi connectivity index (χ1) is 9.58. The Morgan fingerprint density at radius 1 is 1.20 bits per heavy atom. The zero-order chi connectivity index (χ0) is 14.5. The Morgan fingerprint density at radius 2 is 1.90 bits per heavy atom. The minimum atomic E-state index is -0.225. The molecule has 1 saturated heterocycles. The maximum Gasteiger partial charge on any atom is 0.253 e. The van der Waals surface area contributed by atoms with Crippen molar-refractivity contribution >= 4 is 17.7 Å². The van der Waals surface area contributed by atoms with Gasteiger partial charge < -0.3 is 4.90 Å². The van der Waals surface area contributed by atoms with E-state index in [4.69, 9.17) is 0 Å². The molecule has 0 aromatic rings. The SMILES string of the molecule is C[C@H]1CCN(C(=O)CCCCCN2C(=O)C=CC2=O)C1. The van der Waals surface area contributed by atoms with Gasteiger partial charge in [-0.1, -0.05) is 13.3 Å². The Bertz CT molecular complexity index is 413. The quantitative estimate of drug-likeness (QED) is 0.544. The summed E-state index contributed by atoms with van der Waals surface area (Å²) < 4.78 is 0. The molecule has 0 spiro atoms. The molecule has 0 radical (unpaired) electrons. The van der Waals surface area contributed by atoms with E-state index in [1.165, 1.54) is 17.1 Å². The first kappa shape index (κ1) is 14.8. The molecule has 5 nitrogen and oxygen atoms in total. The highest BCUT2D eigenvalue weighted by atomic mass is 16.2. The summed E-state index contributed by atoms with van der Waals surface area (Å²) in [6, 6.07) is 0. The van der Waals surface area contributed by atoms with E-state index in [2.05, 4.69) is 6.92 Å². The number of likely N-dealkylation sites (tertiary alicyclic amines) is 1. The van der Waals surface area contributed by atoms with E-state index in [-0.39, 0.29) is 17.7 Å². The average Bonchev–Trinajstić information content (AvgIpc) is 2.98. The minimum absolute atomic E-state index is 0.225. The molecule has 1 atom stereocenters. The van der Waals surface area contributed by atoms with Crippen molar-refractivity contribution in [2.75, 3.05) is 19.6 Å². The number of unbranched alkanes of at least 4 members (excludes halogenated alkanes) is 2. The molecule has 0 unspecified atom stereocenters. The molecule has 0 aliphatic carbocycles. The van der Waals surface area contributed by atoms with E-state index in [1.807, 2.05) is 4.90 Å². The van der Waals surface area contributed by atoms with Crippen LogP contribution in [-0.2, 0) is 14.4 Å². The zero-order valence-corrected chi connectivity index (χ0v) is 12.0. The van der Waals surface area contributed by atoms with Crippen molar-refractivity contribution in [3.8, 4) is 0 Å². The van der Waals surface area contributed by atoms with Gasteiger partial charge in [0.1, 0.15) is 0 Å². The Hall–Kier alpha value is -1.65. The molecule has 2 aliphatic rings. The molecule has 0 saturated carbocycles. The normalized spacial score (nSPS) is 22.1. The fourth-order valence-electron chi connectivity index (χ4n) is 2.69. The number of amides is 3. The van der Waals surface area contributed by atoms with Crippen LogP contribution >= 0.6 is 0 Å². The smallest absolute Gasteiger partial charge is 0.253 e. The van der Waals surface area contributed by atoms with Crippen molar-refractivity contribution in [1.82, 2.24) is 9.80 Å². The van der Waals surface area contributed by atoms with Crippen molar-refractivity contribution < 1.29 is 14.4 Å².